The Morgan fingerprint density at radius 1 is 0.977 bits per heavy atom. The number of aliphatic hydroxyl groups excluding tert-OH is 1. The van der Waals surface area contributed by atoms with Gasteiger partial charge in [0.25, 0.3) is 0 Å². The zero-order valence-corrected chi connectivity index (χ0v) is 23.5. The molecular formula is C33H26N6O5. The average Bonchev–Trinajstić information content (AvgIpc) is 3.74. The van der Waals surface area contributed by atoms with Crippen LogP contribution >= 0.6 is 0 Å². The van der Waals surface area contributed by atoms with Crippen molar-refractivity contribution in [1.82, 2.24) is 24.3 Å². The predicted octanol–water partition coefficient (Wildman–Crippen LogP) is 4.72. The Labute approximate surface area is 250 Å². The molecule has 3 aromatic carbocycles. The Bertz CT molecular complexity index is 2150. The highest BCUT2D eigenvalue weighted by atomic mass is 16.6. The van der Waals surface area contributed by atoms with Crippen molar-refractivity contribution in [2.75, 3.05) is 6.61 Å². The molecule has 0 radical (unpaired) electrons. The van der Waals surface area contributed by atoms with E-state index in [2.05, 4.69) is 21.1 Å². The number of nitriles is 1. The van der Waals surface area contributed by atoms with E-state index in [1.54, 1.807) is 29.9 Å². The van der Waals surface area contributed by atoms with E-state index in [9.17, 15) is 20.6 Å². The van der Waals surface area contributed by atoms with Crippen LogP contribution in [0.15, 0.2) is 79.3 Å². The summed E-state index contributed by atoms with van der Waals surface area (Å²) in [7, 11) is 0. The third kappa shape index (κ3) is 3.46. The zero-order valence-electron chi connectivity index (χ0n) is 23.5. The van der Waals surface area contributed by atoms with Gasteiger partial charge >= 0.3 is 0 Å². The van der Waals surface area contributed by atoms with Gasteiger partial charge in [-0.05, 0) is 31.2 Å². The number of para-hydroxylation sites is 1. The molecule has 3 N–H and O–H groups in total. The average molecular weight is 587 g/mol. The topological polar surface area (TPSA) is 151 Å². The molecule has 1 saturated heterocycles. The molecule has 3 atom stereocenters. The van der Waals surface area contributed by atoms with E-state index in [0.717, 1.165) is 5.69 Å². The first-order valence-corrected chi connectivity index (χ1v) is 14.2. The molecule has 0 unspecified atom stereocenters. The van der Waals surface area contributed by atoms with E-state index < -0.39 is 17.3 Å². The van der Waals surface area contributed by atoms with E-state index in [4.69, 9.17) is 9.47 Å². The summed E-state index contributed by atoms with van der Waals surface area (Å²) >= 11 is 0. The minimum atomic E-state index is -1.25. The van der Waals surface area contributed by atoms with Gasteiger partial charge in [0.1, 0.15) is 22.9 Å². The summed E-state index contributed by atoms with van der Waals surface area (Å²) in [6, 6.07) is 22.5. The van der Waals surface area contributed by atoms with Crippen molar-refractivity contribution in [3.8, 4) is 35.1 Å². The fourth-order valence-electron chi connectivity index (χ4n) is 6.93. The first kappa shape index (κ1) is 26.2. The molecule has 11 nitrogen and oxygen atoms in total. The normalized spacial score (nSPS) is 22.0. The molecule has 218 valence electrons. The lowest BCUT2D eigenvalue weighted by molar-refractivity contribution is -0.107. The molecule has 0 amide bonds. The summed E-state index contributed by atoms with van der Waals surface area (Å²) in [6.45, 7) is 1.86. The van der Waals surface area contributed by atoms with Crippen LogP contribution in [0.2, 0.25) is 0 Å². The molecule has 2 aliphatic rings. The zero-order chi connectivity index (χ0) is 30.2. The minimum Gasteiger partial charge on any atom is -0.494 e. The van der Waals surface area contributed by atoms with Crippen molar-refractivity contribution in [3.05, 3.63) is 95.9 Å². The lowest BCUT2D eigenvalue weighted by Gasteiger charge is -2.26. The Kier molecular flexibility index (Phi) is 5.53. The number of benzene rings is 3. The summed E-state index contributed by atoms with van der Waals surface area (Å²) < 4.78 is 15.7. The molecule has 1 fully saturated rings. The van der Waals surface area contributed by atoms with E-state index in [-0.39, 0.29) is 31.2 Å². The molecule has 5 heterocycles. The van der Waals surface area contributed by atoms with Crippen molar-refractivity contribution in [2.24, 2.45) is 0 Å². The number of ether oxygens (including phenoxy) is 2. The number of aromatic hydroxyl groups is 2. The van der Waals surface area contributed by atoms with E-state index in [1.807, 2.05) is 54.6 Å². The van der Waals surface area contributed by atoms with Gasteiger partial charge in [-0.3, -0.25) is 4.57 Å². The molecule has 6 aromatic rings. The summed E-state index contributed by atoms with van der Waals surface area (Å²) in [6.07, 6.45) is 2.61. The molecular weight excluding hydrogens is 560 g/mol. The molecule has 0 saturated carbocycles. The van der Waals surface area contributed by atoms with Gasteiger partial charge in [0.15, 0.2) is 5.65 Å². The maximum Gasteiger partial charge on any atom is 0.227 e. The van der Waals surface area contributed by atoms with Crippen LogP contribution in [0.3, 0.4) is 0 Å². The number of aromatic nitrogens is 5. The van der Waals surface area contributed by atoms with Crippen LogP contribution in [0.1, 0.15) is 36.5 Å². The van der Waals surface area contributed by atoms with Gasteiger partial charge in [-0.15, -0.1) is 0 Å². The molecule has 0 spiro atoms. The molecule has 8 rings (SSSR count). The van der Waals surface area contributed by atoms with Crippen LogP contribution in [-0.4, -0.2) is 52.3 Å². The predicted molar refractivity (Wildman–Crippen MR) is 159 cm³/mol. The van der Waals surface area contributed by atoms with Crippen molar-refractivity contribution < 1.29 is 24.8 Å². The van der Waals surface area contributed by atoms with Gasteiger partial charge < -0.3 is 24.8 Å². The third-order valence-corrected chi connectivity index (χ3v) is 8.98. The van der Waals surface area contributed by atoms with Crippen molar-refractivity contribution in [3.63, 3.8) is 0 Å². The summed E-state index contributed by atoms with van der Waals surface area (Å²) in [5.74, 6) is -0.0550. The van der Waals surface area contributed by atoms with Gasteiger partial charge in [0, 0.05) is 23.6 Å². The summed E-state index contributed by atoms with van der Waals surface area (Å²) in [4.78, 5) is 8.74. The second-order valence-electron chi connectivity index (χ2n) is 11.4. The number of nitrogens with zero attached hydrogens (tertiary/aromatic N) is 6. The molecule has 3 aromatic heterocycles. The monoisotopic (exact) mass is 586 g/mol. The van der Waals surface area contributed by atoms with Crippen LogP contribution in [0.25, 0.3) is 33.2 Å². The van der Waals surface area contributed by atoms with Gasteiger partial charge in [-0.25, -0.2) is 14.6 Å². The van der Waals surface area contributed by atoms with Crippen molar-refractivity contribution in [1.29, 1.82) is 5.26 Å². The maximum absolute atomic E-state index is 11.7. The first-order chi connectivity index (χ1) is 21.4. The van der Waals surface area contributed by atoms with Crippen molar-refractivity contribution >= 4 is 21.8 Å². The van der Waals surface area contributed by atoms with Crippen LogP contribution in [0.5, 0.6) is 17.6 Å². The van der Waals surface area contributed by atoms with Crippen LogP contribution < -0.4 is 4.74 Å². The highest BCUT2D eigenvalue weighted by molar-refractivity contribution is 5.95. The number of hydrogen-bond acceptors (Lipinski definition) is 9. The largest absolute Gasteiger partial charge is 0.494 e. The van der Waals surface area contributed by atoms with E-state index >= 15 is 0 Å². The molecule has 2 bridgehead atoms. The molecule has 2 aliphatic heterocycles. The Morgan fingerprint density at radius 2 is 1.73 bits per heavy atom. The van der Waals surface area contributed by atoms with Gasteiger partial charge in [0.2, 0.25) is 17.6 Å². The van der Waals surface area contributed by atoms with Gasteiger partial charge in [-0.1, -0.05) is 42.5 Å². The first-order valence-electron chi connectivity index (χ1n) is 14.2. The van der Waals surface area contributed by atoms with Crippen LogP contribution in [-0.2, 0) is 15.9 Å². The number of fused-ring (bicyclic) bond motifs is 7. The Morgan fingerprint density at radius 3 is 2.52 bits per heavy atom. The third-order valence-electron chi connectivity index (χ3n) is 8.98. The molecule has 11 heteroatoms. The fourth-order valence-corrected chi connectivity index (χ4v) is 6.93. The Balaban J connectivity index is 1.16. The van der Waals surface area contributed by atoms with Crippen LogP contribution in [0.4, 0.5) is 0 Å². The highest BCUT2D eigenvalue weighted by Gasteiger charge is 2.66. The quantitative estimate of drug-likeness (QED) is 0.252. The second kappa shape index (κ2) is 9.28. The van der Waals surface area contributed by atoms with Crippen LogP contribution in [0, 0.1) is 11.3 Å². The number of aliphatic hydroxyl groups is 1. The fraction of sp³-hybridized carbons (Fsp3) is 0.212. The number of rotatable bonds is 6. The maximum atomic E-state index is 11.7. The highest BCUT2D eigenvalue weighted by Crippen LogP contribution is 2.65. The molecule has 44 heavy (non-hydrogen) atoms. The standard InChI is InChI=1S/C33H26N6O5/c1-32-25(40)15-33(44-32,13-14-43-29-23-17-37-39(28(23)35-18-36-29)20-7-3-2-4-8-20)27-26(32)30(41)38(31(27)42)24-12-11-19(16-34)21-9-5-6-10-22(21)24/h2-12,17-18,25,40-42H,13-15H2,1H3/t25-,32-,33+/m0/s1. The van der Waals surface area contributed by atoms with Gasteiger partial charge in [-0.2, -0.15) is 10.4 Å². The summed E-state index contributed by atoms with van der Waals surface area (Å²) in [5.41, 5.74) is 0.828. The van der Waals surface area contributed by atoms with Crippen molar-refractivity contribution in [2.45, 2.75) is 37.1 Å². The van der Waals surface area contributed by atoms with E-state index in [1.165, 1.54) is 10.9 Å². The lowest BCUT2D eigenvalue weighted by atomic mass is 9.76. The van der Waals surface area contributed by atoms with E-state index in [0.29, 0.717) is 50.1 Å². The Hall–Kier alpha value is -5.44. The summed E-state index contributed by atoms with van der Waals surface area (Å²) in [5, 5.41) is 50.6. The van der Waals surface area contributed by atoms with Gasteiger partial charge in [0.05, 0.1) is 53.0 Å². The minimum absolute atomic E-state index is 0.135. The second-order valence-corrected chi connectivity index (χ2v) is 11.4. The number of hydrogen-bond donors (Lipinski definition) is 3. The smallest absolute Gasteiger partial charge is 0.227 e. The SMILES string of the molecule is C[C@]12O[C@](CCOc3ncnc4c3cnn4-c3ccccc3)(C[C@@H]1O)c1c2c(O)n(-c2ccc(C#N)c3ccccc23)c1O. The lowest BCUT2D eigenvalue weighted by Crippen LogP contribution is -2.33. The molecule has 0 aliphatic carbocycles.